The Kier molecular flexibility index (Phi) is 2.85. The Hall–Kier alpha value is -1.21. The summed E-state index contributed by atoms with van der Waals surface area (Å²) in [4.78, 5) is 17.9. The summed E-state index contributed by atoms with van der Waals surface area (Å²) in [5.41, 5.74) is -2.51. The molecule has 0 saturated carbocycles. The molecular formula is C14H19NO5. The number of hydrogen-bond donors (Lipinski definition) is 2. The van der Waals surface area contributed by atoms with Crippen molar-refractivity contribution < 1.29 is 24.6 Å². The van der Waals surface area contributed by atoms with Gasteiger partial charge < -0.3 is 14.9 Å². The molecule has 2 saturated heterocycles. The molecule has 6 atom stereocenters. The molecule has 6 heteroatoms. The van der Waals surface area contributed by atoms with Gasteiger partial charge >= 0.3 is 0 Å². The van der Waals surface area contributed by atoms with E-state index >= 15 is 0 Å². The molecule has 2 bridgehead atoms. The predicted octanol–water partition coefficient (Wildman–Crippen LogP) is -0.0247. The van der Waals surface area contributed by atoms with Crippen molar-refractivity contribution >= 4 is 5.91 Å². The van der Waals surface area contributed by atoms with Crippen LogP contribution in [0, 0.1) is 11.3 Å². The monoisotopic (exact) mass is 281 g/mol. The number of hydrogen-bond acceptors (Lipinski definition) is 5. The number of carbonyl (C=O) groups excluding carboxylic acids is 1. The molecule has 6 unspecified atom stereocenters. The van der Waals surface area contributed by atoms with E-state index in [9.17, 15) is 15.0 Å². The number of allylic oxidation sites excluding steroid dienone is 3. The summed E-state index contributed by atoms with van der Waals surface area (Å²) in [5, 5.41) is 21.9. The molecule has 3 rings (SSSR count). The lowest BCUT2D eigenvalue weighted by Gasteiger charge is -2.44. The molecule has 110 valence electrons. The maximum absolute atomic E-state index is 12.8. The molecule has 1 amide bonds. The molecular weight excluding hydrogens is 262 g/mol. The fraction of sp³-hybridized carbons (Fsp3) is 0.643. The van der Waals surface area contributed by atoms with Crippen LogP contribution in [0.4, 0.5) is 0 Å². The summed E-state index contributed by atoms with van der Waals surface area (Å²) >= 11 is 0. The minimum Gasteiger partial charge on any atom is -0.387 e. The van der Waals surface area contributed by atoms with Gasteiger partial charge in [-0.1, -0.05) is 24.3 Å². The standard InChI is InChI=1S/C14H19NO5/c1-4-5-8-6-7-9(16)10-14(8)11(17)13(2,20-10)15(19-3)12(14)18/h4-11,16-17H,1-3H3. The number of fused-ring (bicyclic) bond motifs is 1. The molecule has 3 aliphatic rings. The van der Waals surface area contributed by atoms with E-state index in [4.69, 9.17) is 9.57 Å². The molecule has 20 heavy (non-hydrogen) atoms. The molecule has 1 aliphatic carbocycles. The highest BCUT2D eigenvalue weighted by atomic mass is 16.7. The zero-order valence-corrected chi connectivity index (χ0v) is 11.7. The minimum atomic E-state index is -1.27. The van der Waals surface area contributed by atoms with Gasteiger partial charge in [0.2, 0.25) is 0 Å². The molecule has 1 spiro atoms. The second-order valence-electron chi connectivity index (χ2n) is 5.64. The number of rotatable bonds is 2. The summed E-state index contributed by atoms with van der Waals surface area (Å²) < 4.78 is 5.81. The van der Waals surface area contributed by atoms with E-state index in [2.05, 4.69) is 0 Å². The van der Waals surface area contributed by atoms with Crippen LogP contribution in [-0.4, -0.2) is 52.3 Å². The van der Waals surface area contributed by atoms with E-state index < -0.39 is 29.5 Å². The Morgan fingerprint density at radius 3 is 2.75 bits per heavy atom. The summed E-state index contributed by atoms with van der Waals surface area (Å²) in [6.45, 7) is 3.45. The van der Waals surface area contributed by atoms with Crippen LogP contribution >= 0.6 is 0 Å². The molecule has 0 aromatic heterocycles. The first-order valence-electron chi connectivity index (χ1n) is 6.68. The molecule has 0 aromatic rings. The Morgan fingerprint density at radius 1 is 1.45 bits per heavy atom. The van der Waals surface area contributed by atoms with E-state index in [-0.39, 0.29) is 11.8 Å². The molecule has 6 nitrogen and oxygen atoms in total. The molecule has 2 fully saturated rings. The van der Waals surface area contributed by atoms with Gasteiger partial charge in [-0.2, -0.15) is 5.06 Å². The first-order chi connectivity index (χ1) is 9.44. The van der Waals surface area contributed by atoms with E-state index in [1.54, 1.807) is 19.1 Å². The van der Waals surface area contributed by atoms with Crippen LogP contribution in [0.3, 0.4) is 0 Å². The highest BCUT2D eigenvalue weighted by Crippen LogP contribution is 2.60. The Bertz CT molecular complexity index is 504. The Balaban J connectivity index is 2.19. The third-order valence-corrected chi connectivity index (χ3v) is 4.71. The molecule has 2 N–H and O–H groups in total. The fourth-order valence-electron chi connectivity index (χ4n) is 3.85. The Morgan fingerprint density at radius 2 is 2.15 bits per heavy atom. The third-order valence-electron chi connectivity index (χ3n) is 4.71. The average molecular weight is 281 g/mol. The van der Waals surface area contributed by atoms with Crippen LogP contribution < -0.4 is 0 Å². The van der Waals surface area contributed by atoms with Crippen molar-refractivity contribution in [3.63, 3.8) is 0 Å². The van der Waals surface area contributed by atoms with Crippen LogP contribution in [0.5, 0.6) is 0 Å². The van der Waals surface area contributed by atoms with Crippen LogP contribution in [0.1, 0.15) is 13.8 Å². The summed E-state index contributed by atoms with van der Waals surface area (Å²) in [5.74, 6) is -0.692. The van der Waals surface area contributed by atoms with Gasteiger partial charge in [0.15, 0.2) is 5.72 Å². The molecule has 0 aromatic carbocycles. The van der Waals surface area contributed by atoms with Gasteiger partial charge in [-0.3, -0.25) is 9.63 Å². The van der Waals surface area contributed by atoms with Crippen molar-refractivity contribution in [3.8, 4) is 0 Å². The zero-order chi connectivity index (χ0) is 14.7. The van der Waals surface area contributed by atoms with E-state index in [0.29, 0.717) is 0 Å². The van der Waals surface area contributed by atoms with Crippen molar-refractivity contribution in [1.29, 1.82) is 0 Å². The molecule has 2 heterocycles. The van der Waals surface area contributed by atoms with Gasteiger partial charge in [0.05, 0.1) is 13.2 Å². The lowest BCUT2D eigenvalue weighted by molar-refractivity contribution is -0.294. The van der Waals surface area contributed by atoms with E-state index in [0.717, 1.165) is 5.06 Å². The smallest absolute Gasteiger partial charge is 0.261 e. The van der Waals surface area contributed by atoms with Gasteiger partial charge in [0, 0.05) is 5.92 Å². The fourth-order valence-corrected chi connectivity index (χ4v) is 3.85. The number of nitrogens with zero attached hydrogens (tertiary/aromatic N) is 1. The SMILES string of the molecule is CC=CC1C=CC(O)C2OC3(C)C(O)C12C(=O)N3OC. The van der Waals surface area contributed by atoms with Crippen LogP contribution in [0.25, 0.3) is 0 Å². The van der Waals surface area contributed by atoms with Crippen molar-refractivity contribution in [3.05, 3.63) is 24.3 Å². The largest absolute Gasteiger partial charge is 0.387 e. The second kappa shape index (κ2) is 4.14. The van der Waals surface area contributed by atoms with Gasteiger partial charge in [-0.05, 0) is 13.8 Å². The van der Waals surface area contributed by atoms with E-state index in [1.165, 1.54) is 7.11 Å². The number of ether oxygens (including phenoxy) is 1. The maximum atomic E-state index is 12.8. The van der Waals surface area contributed by atoms with Crippen molar-refractivity contribution in [2.75, 3.05) is 7.11 Å². The normalized spacial score (nSPS) is 50.2. The number of aliphatic hydroxyl groups excluding tert-OH is 2. The quantitative estimate of drug-likeness (QED) is 0.695. The number of hydroxylamine groups is 2. The lowest BCUT2D eigenvalue weighted by atomic mass is 9.64. The number of amides is 1. The van der Waals surface area contributed by atoms with Crippen molar-refractivity contribution in [2.24, 2.45) is 11.3 Å². The van der Waals surface area contributed by atoms with Gasteiger partial charge in [-0.15, -0.1) is 0 Å². The lowest BCUT2D eigenvalue weighted by Crippen LogP contribution is -2.59. The predicted molar refractivity (Wildman–Crippen MR) is 69.0 cm³/mol. The highest BCUT2D eigenvalue weighted by Gasteiger charge is 2.79. The second-order valence-corrected chi connectivity index (χ2v) is 5.64. The van der Waals surface area contributed by atoms with Crippen LogP contribution in [0.2, 0.25) is 0 Å². The van der Waals surface area contributed by atoms with Gasteiger partial charge in [0.1, 0.15) is 17.6 Å². The summed E-state index contributed by atoms with van der Waals surface area (Å²) in [6.07, 6.45) is 4.25. The first-order valence-corrected chi connectivity index (χ1v) is 6.68. The minimum absolute atomic E-state index is 0.342. The van der Waals surface area contributed by atoms with Gasteiger partial charge in [0.25, 0.3) is 5.91 Å². The maximum Gasteiger partial charge on any atom is 0.261 e. The van der Waals surface area contributed by atoms with Crippen LogP contribution in [-0.2, 0) is 14.4 Å². The van der Waals surface area contributed by atoms with E-state index in [1.807, 2.05) is 19.1 Å². The van der Waals surface area contributed by atoms with Gasteiger partial charge in [-0.25, -0.2) is 0 Å². The molecule has 2 aliphatic heterocycles. The topological polar surface area (TPSA) is 79.2 Å². The average Bonchev–Trinajstić information content (AvgIpc) is 2.74. The number of aliphatic hydroxyl groups is 2. The Labute approximate surface area is 117 Å². The van der Waals surface area contributed by atoms with Crippen molar-refractivity contribution in [1.82, 2.24) is 5.06 Å². The number of carbonyl (C=O) groups is 1. The summed E-state index contributed by atoms with van der Waals surface area (Å²) in [6, 6.07) is 0. The highest BCUT2D eigenvalue weighted by molar-refractivity contribution is 5.89. The summed E-state index contributed by atoms with van der Waals surface area (Å²) in [7, 11) is 1.37. The third kappa shape index (κ3) is 1.25. The molecule has 0 radical (unpaired) electrons. The van der Waals surface area contributed by atoms with Crippen molar-refractivity contribution in [2.45, 2.75) is 37.9 Å². The zero-order valence-electron chi connectivity index (χ0n) is 11.7. The van der Waals surface area contributed by atoms with Crippen LogP contribution in [0.15, 0.2) is 24.3 Å². The first kappa shape index (κ1) is 13.8.